The number of nitrogens with one attached hydrogen (secondary N) is 1. The molecular formula is C18H32N2. The second-order valence-corrected chi connectivity index (χ2v) is 5.55. The Kier molecular flexibility index (Phi) is 9.35. The summed E-state index contributed by atoms with van der Waals surface area (Å²) in [4.78, 5) is 2.60. The number of hydrogen-bond acceptors (Lipinski definition) is 2. The van der Waals surface area contributed by atoms with Crippen LogP contribution in [0.4, 0.5) is 0 Å². The van der Waals surface area contributed by atoms with Gasteiger partial charge in [0.15, 0.2) is 0 Å². The van der Waals surface area contributed by atoms with E-state index in [1.54, 1.807) is 0 Å². The topological polar surface area (TPSA) is 15.3 Å². The summed E-state index contributed by atoms with van der Waals surface area (Å²) in [6.45, 7) is 11.5. The molecule has 0 saturated heterocycles. The first-order chi connectivity index (χ1) is 9.81. The van der Waals surface area contributed by atoms with Crippen LogP contribution in [0, 0.1) is 0 Å². The van der Waals surface area contributed by atoms with Gasteiger partial charge in [0.25, 0.3) is 0 Å². The molecule has 1 aromatic carbocycles. The van der Waals surface area contributed by atoms with Crippen molar-refractivity contribution in [3.8, 4) is 0 Å². The summed E-state index contributed by atoms with van der Waals surface area (Å²) in [5, 5.41) is 3.70. The van der Waals surface area contributed by atoms with Crippen molar-refractivity contribution in [3.05, 3.63) is 35.9 Å². The summed E-state index contributed by atoms with van der Waals surface area (Å²) >= 11 is 0. The van der Waals surface area contributed by atoms with E-state index >= 15 is 0 Å². The Morgan fingerprint density at radius 2 is 1.55 bits per heavy atom. The third-order valence-corrected chi connectivity index (χ3v) is 3.66. The summed E-state index contributed by atoms with van der Waals surface area (Å²) in [6, 6.07) is 11.4. The Bertz CT molecular complexity index is 317. The largest absolute Gasteiger partial charge is 0.310 e. The minimum absolute atomic E-state index is 0.493. The van der Waals surface area contributed by atoms with Gasteiger partial charge in [0, 0.05) is 6.04 Å². The minimum atomic E-state index is 0.493. The summed E-state index contributed by atoms with van der Waals surface area (Å²) in [7, 11) is 0. The molecule has 0 spiro atoms. The molecule has 20 heavy (non-hydrogen) atoms. The Hall–Kier alpha value is -0.860. The van der Waals surface area contributed by atoms with E-state index in [1.165, 1.54) is 50.9 Å². The predicted molar refractivity (Wildman–Crippen MR) is 89.1 cm³/mol. The molecule has 0 bridgehead atoms. The van der Waals surface area contributed by atoms with E-state index in [2.05, 4.69) is 61.3 Å². The second kappa shape index (κ2) is 10.9. The van der Waals surface area contributed by atoms with E-state index in [4.69, 9.17) is 0 Å². The molecule has 1 aromatic rings. The van der Waals surface area contributed by atoms with E-state index in [9.17, 15) is 0 Å². The summed E-state index contributed by atoms with van der Waals surface area (Å²) in [6.07, 6.45) is 4.89. The van der Waals surface area contributed by atoms with Crippen LogP contribution in [0.2, 0.25) is 0 Å². The third-order valence-electron chi connectivity index (χ3n) is 3.66. The zero-order valence-electron chi connectivity index (χ0n) is 13.6. The molecule has 0 heterocycles. The molecule has 0 aliphatic heterocycles. The van der Waals surface area contributed by atoms with E-state index in [0.717, 1.165) is 6.54 Å². The van der Waals surface area contributed by atoms with Crippen molar-refractivity contribution in [2.75, 3.05) is 26.2 Å². The standard InChI is InChI=1S/C18H32N2/c1-4-13-19-18(17-10-8-7-9-11-17)12-16-20(14-5-2)15-6-3/h7-11,18-19H,4-6,12-16H2,1-3H3. The fraction of sp³-hybridized carbons (Fsp3) is 0.667. The lowest BCUT2D eigenvalue weighted by Gasteiger charge is -2.25. The normalized spacial score (nSPS) is 12.8. The Morgan fingerprint density at radius 3 is 2.10 bits per heavy atom. The first-order valence-corrected chi connectivity index (χ1v) is 8.32. The average Bonchev–Trinajstić information content (AvgIpc) is 2.48. The van der Waals surface area contributed by atoms with Gasteiger partial charge in [-0.25, -0.2) is 0 Å². The quantitative estimate of drug-likeness (QED) is 0.650. The van der Waals surface area contributed by atoms with Gasteiger partial charge in [-0.05, 0) is 57.4 Å². The lowest BCUT2D eigenvalue weighted by atomic mass is 10.0. The third kappa shape index (κ3) is 6.53. The monoisotopic (exact) mass is 276 g/mol. The van der Waals surface area contributed by atoms with E-state index in [0.29, 0.717) is 6.04 Å². The lowest BCUT2D eigenvalue weighted by Crippen LogP contribution is -2.31. The van der Waals surface area contributed by atoms with Crippen LogP contribution in [0.25, 0.3) is 0 Å². The van der Waals surface area contributed by atoms with Crippen LogP contribution in [-0.2, 0) is 0 Å². The molecule has 2 heteroatoms. The minimum Gasteiger partial charge on any atom is -0.310 e. The van der Waals surface area contributed by atoms with Crippen LogP contribution in [0.5, 0.6) is 0 Å². The second-order valence-electron chi connectivity index (χ2n) is 5.55. The average molecular weight is 276 g/mol. The van der Waals surface area contributed by atoms with Gasteiger partial charge in [-0.15, -0.1) is 0 Å². The van der Waals surface area contributed by atoms with Gasteiger partial charge in [0.1, 0.15) is 0 Å². The Morgan fingerprint density at radius 1 is 0.900 bits per heavy atom. The molecular weight excluding hydrogens is 244 g/mol. The molecule has 1 atom stereocenters. The molecule has 0 aliphatic carbocycles. The molecule has 1 unspecified atom stereocenters. The maximum absolute atomic E-state index is 3.70. The highest BCUT2D eigenvalue weighted by molar-refractivity contribution is 5.18. The van der Waals surface area contributed by atoms with Crippen molar-refractivity contribution >= 4 is 0 Å². The van der Waals surface area contributed by atoms with Crippen molar-refractivity contribution in [2.24, 2.45) is 0 Å². The zero-order valence-corrected chi connectivity index (χ0v) is 13.6. The Labute approximate surface area is 125 Å². The molecule has 0 amide bonds. The maximum Gasteiger partial charge on any atom is 0.0332 e. The van der Waals surface area contributed by atoms with E-state index < -0.39 is 0 Å². The fourth-order valence-corrected chi connectivity index (χ4v) is 2.67. The molecule has 0 aromatic heterocycles. The van der Waals surface area contributed by atoms with Crippen LogP contribution in [0.1, 0.15) is 58.1 Å². The highest BCUT2D eigenvalue weighted by Crippen LogP contribution is 2.17. The van der Waals surface area contributed by atoms with Gasteiger partial charge in [-0.1, -0.05) is 51.1 Å². The molecule has 0 saturated carbocycles. The van der Waals surface area contributed by atoms with Crippen LogP contribution >= 0.6 is 0 Å². The fourth-order valence-electron chi connectivity index (χ4n) is 2.67. The van der Waals surface area contributed by atoms with Crippen LogP contribution in [-0.4, -0.2) is 31.1 Å². The van der Waals surface area contributed by atoms with Crippen LogP contribution in [0.3, 0.4) is 0 Å². The van der Waals surface area contributed by atoms with E-state index in [1.807, 2.05) is 0 Å². The smallest absolute Gasteiger partial charge is 0.0332 e. The number of hydrogen-bond donors (Lipinski definition) is 1. The van der Waals surface area contributed by atoms with Gasteiger partial charge >= 0.3 is 0 Å². The Balaban J connectivity index is 2.55. The van der Waals surface area contributed by atoms with Gasteiger partial charge in [0.2, 0.25) is 0 Å². The molecule has 2 nitrogen and oxygen atoms in total. The SMILES string of the molecule is CCCNC(CCN(CCC)CCC)c1ccccc1. The van der Waals surface area contributed by atoms with Gasteiger partial charge < -0.3 is 10.2 Å². The molecule has 0 fully saturated rings. The van der Waals surface area contributed by atoms with Gasteiger partial charge in [0.05, 0.1) is 0 Å². The lowest BCUT2D eigenvalue weighted by molar-refractivity contribution is 0.257. The van der Waals surface area contributed by atoms with Gasteiger partial charge in [-0.3, -0.25) is 0 Å². The van der Waals surface area contributed by atoms with Crippen molar-refractivity contribution in [1.82, 2.24) is 10.2 Å². The molecule has 1 N–H and O–H groups in total. The molecule has 0 aliphatic rings. The number of nitrogens with zero attached hydrogens (tertiary/aromatic N) is 1. The van der Waals surface area contributed by atoms with Crippen molar-refractivity contribution in [2.45, 2.75) is 52.5 Å². The summed E-state index contributed by atoms with van der Waals surface area (Å²) in [5.41, 5.74) is 1.42. The maximum atomic E-state index is 3.70. The van der Waals surface area contributed by atoms with E-state index in [-0.39, 0.29) is 0 Å². The first kappa shape index (κ1) is 17.2. The van der Waals surface area contributed by atoms with Crippen LogP contribution in [0.15, 0.2) is 30.3 Å². The first-order valence-electron chi connectivity index (χ1n) is 8.32. The summed E-state index contributed by atoms with van der Waals surface area (Å²) < 4.78 is 0. The van der Waals surface area contributed by atoms with Crippen molar-refractivity contribution in [3.63, 3.8) is 0 Å². The van der Waals surface area contributed by atoms with Crippen LogP contribution < -0.4 is 5.32 Å². The number of rotatable bonds is 11. The number of benzene rings is 1. The highest BCUT2D eigenvalue weighted by atomic mass is 15.1. The molecule has 0 radical (unpaired) electrons. The van der Waals surface area contributed by atoms with Crippen molar-refractivity contribution in [1.29, 1.82) is 0 Å². The highest BCUT2D eigenvalue weighted by Gasteiger charge is 2.12. The van der Waals surface area contributed by atoms with Gasteiger partial charge in [-0.2, -0.15) is 0 Å². The van der Waals surface area contributed by atoms with Crippen molar-refractivity contribution < 1.29 is 0 Å². The molecule has 114 valence electrons. The zero-order chi connectivity index (χ0) is 14.6. The summed E-state index contributed by atoms with van der Waals surface area (Å²) in [5.74, 6) is 0. The predicted octanol–water partition coefficient (Wildman–Crippen LogP) is 4.24. The molecule has 1 rings (SSSR count).